The molecule has 0 aromatic carbocycles. The third-order valence-electron chi connectivity index (χ3n) is 4.50. The number of aliphatic hydroxyl groups excluding tert-OH is 1. The Labute approximate surface area is 130 Å². The average Bonchev–Trinajstić information content (AvgIpc) is 2.86. The zero-order chi connectivity index (χ0) is 15.0. The minimum absolute atomic E-state index is 0.00722. The van der Waals surface area contributed by atoms with Gasteiger partial charge < -0.3 is 10.4 Å². The molecule has 0 atom stereocenters. The number of carbonyl (C=O) groups is 1. The molecule has 1 aliphatic carbocycles. The van der Waals surface area contributed by atoms with Gasteiger partial charge in [0.25, 0.3) is 0 Å². The van der Waals surface area contributed by atoms with Crippen molar-refractivity contribution in [3.05, 3.63) is 28.0 Å². The van der Waals surface area contributed by atoms with Gasteiger partial charge in [0.2, 0.25) is 0 Å². The quantitative estimate of drug-likeness (QED) is 0.825. The Morgan fingerprint density at radius 2 is 2.10 bits per heavy atom. The maximum Gasteiger partial charge on any atom is 0.160 e. The largest absolute Gasteiger partial charge is 0.393 e. The molecule has 114 valence electrons. The van der Waals surface area contributed by atoms with Gasteiger partial charge in [-0.05, 0) is 51.0 Å². The predicted octanol–water partition coefficient (Wildman–Crippen LogP) is 3.13. The van der Waals surface area contributed by atoms with E-state index < -0.39 is 0 Å². The van der Waals surface area contributed by atoms with Crippen molar-refractivity contribution in [1.82, 2.24) is 5.32 Å². The zero-order valence-electron chi connectivity index (χ0n) is 12.7. The normalized spacial score (nSPS) is 29.8. The molecular formula is C17H23NO2S. The van der Waals surface area contributed by atoms with Crippen LogP contribution >= 0.6 is 11.3 Å². The molecule has 3 rings (SSSR count). The van der Waals surface area contributed by atoms with Gasteiger partial charge >= 0.3 is 0 Å². The molecule has 4 heteroatoms. The summed E-state index contributed by atoms with van der Waals surface area (Å²) in [4.78, 5) is 13.9. The number of rotatable bonds is 2. The first-order valence-electron chi connectivity index (χ1n) is 7.73. The summed E-state index contributed by atoms with van der Waals surface area (Å²) in [6.07, 6.45) is 5.71. The van der Waals surface area contributed by atoms with Crippen LogP contribution in [0.25, 0.3) is 5.70 Å². The molecule has 0 saturated heterocycles. The Balaban J connectivity index is 1.81. The highest BCUT2D eigenvalue weighted by atomic mass is 32.1. The van der Waals surface area contributed by atoms with Gasteiger partial charge in [-0.2, -0.15) is 0 Å². The molecule has 2 heterocycles. The molecule has 0 unspecified atom stereocenters. The molecule has 1 aliphatic heterocycles. The van der Waals surface area contributed by atoms with Crippen LogP contribution in [0.5, 0.6) is 0 Å². The summed E-state index contributed by atoms with van der Waals surface area (Å²) in [5.74, 6) is 0.286. The van der Waals surface area contributed by atoms with Crippen molar-refractivity contribution >= 4 is 22.8 Å². The fourth-order valence-corrected chi connectivity index (χ4v) is 4.45. The number of nitrogens with one attached hydrogen (secondary N) is 1. The number of hydrogen-bond donors (Lipinski definition) is 2. The van der Waals surface area contributed by atoms with E-state index in [1.807, 2.05) is 0 Å². The topological polar surface area (TPSA) is 49.3 Å². The summed E-state index contributed by atoms with van der Waals surface area (Å²) < 4.78 is 0. The van der Waals surface area contributed by atoms with Crippen LogP contribution < -0.4 is 5.32 Å². The molecule has 0 amide bonds. The number of fused-ring (bicyclic) bond motifs is 1. The monoisotopic (exact) mass is 305 g/mol. The number of carbonyl (C=O) groups excluding carboxylic acids is 1. The Morgan fingerprint density at radius 3 is 2.81 bits per heavy atom. The van der Waals surface area contributed by atoms with E-state index in [0.717, 1.165) is 37.8 Å². The lowest BCUT2D eigenvalue weighted by atomic mass is 9.83. The van der Waals surface area contributed by atoms with Gasteiger partial charge in [-0.1, -0.05) is 0 Å². The van der Waals surface area contributed by atoms with Gasteiger partial charge in [0.05, 0.1) is 6.10 Å². The second-order valence-corrected chi connectivity index (χ2v) is 7.91. The lowest BCUT2D eigenvalue weighted by Gasteiger charge is -2.34. The van der Waals surface area contributed by atoms with Gasteiger partial charge in [0, 0.05) is 40.1 Å². The maximum atomic E-state index is 12.5. The molecule has 1 fully saturated rings. The van der Waals surface area contributed by atoms with Crippen molar-refractivity contribution in [1.29, 1.82) is 0 Å². The summed E-state index contributed by atoms with van der Waals surface area (Å²) in [5.41, 5.74) is 2.15. The third kappa shape index (κ3) is 3.22. The first-order valence-corrected chi connectivity index (χ1v) is 8.61. The summed E-state index contributed by atoms with van der Waals surface area (Å²) in [7, 11) is 0. The molecule has 2 aliphatic rings. The molecule has 3 nitrogen and oxygen atoms in total. The van der Waals surface area contributed by atoms with Gasteiger partial charge in [0.15, 0.2) is 5.78 Å². The van der Waals surface area contributed by atoms with Crippen LogP contribution in [0.3, 0.4) is 0 Å². The van der Waals surface area contributed by atoms with Gasteiger partial charge in [-0.15, -0.1) is 11.3 Å². The fourth-order valence-electron chi connectivity index (χ4n) is 3.33. The number of hydrogen-bond acceptors (Lipinski definition) is 4. The van der Waals surface area contributed by atoms with Crippen LogP contribution in [0.2, 0.25) is 0 Å². The average molecular weight is 305 g/mol. The van der Waals surface area contributed by atoms with E-state index in [1.54, 1.807) is 17.4 Å². The summed E-state index contributed by atoms with van der Waals surface area (Å²) in [6, 6.07) is 2.10. The van der Waals surface area contributed by atoms with Crippen LogP contribution in [0.4, 0.5) is 0 Å². The van der Waals surface area contributed by atoms with Gasteiger partial charge in [-0.25, -0.2) is 0 Å². The van der Waals surface area contributed by atoms with Crippen LogP contribution in [0.15, 0.2) is 17.5 Å². The molecule has 0 spiro atoms. The van der Waals surface area contributed by atoms with Crippen molar-refractivity contribution in [2.75, 3.05) is 0 Å². The third-order valence-corrected chi connectivity index (χ3v) is 5.42. The zero-order valence-corrected chi connectivity index (χ0v) is 13.5. The molecule has 1 aromatic heterocycles. The van der Waals surface area contributed by atoms with Crippen LogP contribution in [-0.4, -0.2) is 22.5 Å². The second-order valence-electron chi connectivity index (χ2n) is 6.91. The fraction of sp³-hybridized carbons (Fsp3) is 0.588. The Kier molecular flexibility index (Phi) is 3.93. The number of ketones is 1. The molecule has 21 heavy (non-hydrogen) atoms. The van der Waals surface area contributed by atoms with Crippen molar-refractivity contribution in [2.45, 2.75) is 57.6 Å². The molecule has 1 saturated carbocycles. The molecule has 1 aromatic rings. The van der Waals surface area contributed by atoms with Crippen LogP contribution in [0, 0.1) is 5.92 Å². The van der Waals surface area contributed by atoms with E-state index in [1.165, 1.54) is 10.4 Å². The van der Waals surface area contributed by atoms with Crippen LogP contribution in [-0.2, 0) is 11.2 Å². The minimum Gasteiger partial charge on any atom is -0.393 e. The first-order chi connectivity index (χ1) is 9.94. The van der Waals surface area contributed by atoms with Crippen LogP contribution in [0.1, 0.15) is 50.0 Å². The van der Waals surface area contributed by atoms with E-state index in [2.05, 4.69) is 30.6 Å². The summed E-state index contributed by atoms with van der Waals surface area (Å²) >= 11 is 1.77. The molecular weight excluding hydrogens is 282 g/mol. The van der Waals surface area contributed by atoms with Gasteiger partial charge in [-0.3, -0.25) is 4.79 Å². The van der Waals surface area contributed by atoms with E-state index in [9.17, 15) is 9.90 Å². The smallest absolute Gasteiger partial charge is 0.160 e. The van der Waals surface area contributed by atoms with Crippen molar-refractivity contribution < 1.29 is 9.90 Å². The van der Waals surface area contributed by atoms with Crippen molar-refractivity contribution in [3.8, 4) is 0 Å². The highest BCUT2D eigenvalue weighted by Crippen LogP contribution is 2.34. The van der Waals surface area contributed by atoms with Crippen molar-refractivity contribution in [3.63, 3.8) is 0 Å². The van der Waals surface area contributed by atoms with E-state index in [0.29, 0.717) is 0 Å². The van der Waals surface area contributed by atoms with Gasteiger partial charge in [0.1, 0.15) is 0 Å². The maximum absolute atomic E-state index is 12.5. The van der Waals surface area contributed by atoms with E-state index >= 15 is 0 Å². The highest BCUT2D eigenvalue weighted by molar-refractivity contribution is 7.10. The Morgan fingerprint density at radius 1 is 1.38 bits per heavy atom. The summed E-state index contributed by atoms with van der Waals surface area (Å²) in [5, 5.41) is 15.2. The van der Waals surface area contributed by atoms with Crippen molar-refractivity contribution in [2.24, 2.45) is 5.92 Å². The SMILES string of the molecule is CC1(C)Cc2sccc2/C(=C\C(=O)C2CCC(O)CC2)N1. The lowest BCUT2D eigenvalue weighted by molar-refractivity contribution is -0.119. The minimum atomic E-state index is -0.211. The first kappa shape index (κ1) is 14.8. The second kappa shape index (κ2) is 5.58. The standard InChI is InChI=1S/C17H23NO2S/c1-17(2)10-16-13(7-8-21-16)14(18-17)9-15(20)11-3-5-12(19)6-4-11/h7-9,11-12,18-19H,3-6,10H2,1-2H3/b14-9+. The lowest BCUT2D eigenvalue weighted by Crippen LogP contribution is -2.43. The predicted molar refractivity (Wildman–Crippen MR) is 86.2 cm³/mol. The number of thiophene rings is 1. The number of allylic oxidation sites excluding steroid dienone is 1. The summed E-state index contributed by atoms with van der Waals surface area (Å²) in [6.45, 7) is 4.34. The molecule has 0 radical (unpaired) electrons. The van der Waals surface area contributed by atoms with E-state index in [-0.39, 0.29) is 23.3 Å². The molecule has 0 bridgehead atoms. The Hall–Kier alpha value is -1.13. The van der Waals surface area contributed by atoms with E-state index in [4.69, 9.17) is 0 Å². The Bertz CT molecular complexity index is 565. The highest BCUT2D eigenvalue weighted by Gasteiger charge is 2.30. The number of aliphatic hydroxyl groups is 1. The molecule has 2 N–H and O–H groups in total.